The van der Waals surface area contributed by atoms with E-state index in [2.05, 4.69) is 10.6 Å². The molecule has 0 spiro atoms. The number of ether oxygens (including phenoxy) is 3. The third-order valence-corrected chi connectivity index (χ3v) is 4.72. The van der Waals surface area contributed by atoms with Gasteiger partial charge in [-0.25, -0.2) is 0 Å². The number of carbonyl (C=O) groups excluding carboxylic acids is 1. The number of amides is 1. The Labute approximate surface area is 149 Å². The quantitative estimate of drug-likeness (QED) is 0.824. The number of hydrogen-bond acceptors (Lipinski definition) is 5. The Morgan fingerprint density at radius 1 is 1.28 bits per heavy atom. The molecule has 138 valence electrons. The molecule has 1 aromatic rings. The Morgan fingerprint density at radius 2 is 2.12 bits per heavy atom. The zero-order valence-corrected chi connectivity index (χ0v) is 14.9. The van der Waals surface area contributed by atoms with Crippen molar-refractivity contribution in [1.29, 1.82) is 0 Å². The van der Waals surface area contributed by atoms with Gasteiger partial charge >= 0.3 is 0 Å². The highest BCUT2D eigenvalue weighted by atomic mass is 16.5. The third-order valence-electron chi connectivity index (χ3n) is 4.72. The van der Waals surface area contributed by atoms with Gasteiger partial charge in [0.25, 0.3) is 0 Å². The van der Waals surface area contributed by atoms with Gasteiger partial charge in [0.2, 0.25) is 5.91 Å². The van der Waals surface area contributed by atoms with Gasteiger partial charge in [-0.3, -0.25) is 4.79 Å². The van der Waals surface area contributed by atoms with Crippen LogP contribution in [0.4, 0.5) is 5.69 Å². The lowest BCUT2D eigenvalue weighted by atomic mass is 10.0. The van der Waals surface area contributed by atoms with Crippen molar-refractivity contribution >= 4 is 11.6 Å². The van der Waals surface area contributed by atoms with Crippen LogP contribution in [0.25, 0.3) is 0 Å². The molecule has 1 atom stereocenters. The van der Waals surface area contributed by atoms with Gasteiger partial charge in [0, 0.05) is 44.0 Å². The minimum atomic E-state index is -0.0118. The van der Waals surface area contributed by atoms with Crippen LogP contribution in [-0.2, 0) is 14.3 Å². The van der Waals surface area contributed by atoms with Crippen LogP contribution in [0, 0.1) is 12.8 Å². The lowest BCUT2D eigenvalue weighted by Gasteiger charge is -2.23. The van der Waals surface area contributed by atoms with Gasteiger partial charge < -0.3 is 24.8 Å². The summed E-state index contributed by atoms with van der Waals surface area (Å²) in [6.07, 6.45) is 2.50. The van der Waals surface area contributed by atoms with E-state index in [1.54, 1.807) is 0 Å². The molecule has 3 rings (SSSR count). The molecule has 0 aliphatic carbocycles. The molecule has 1 aromatic carbocycles. The van der Waals surface area contributed by atoms with Crippen LogP contribution in [0.1, 0.15) is 24.8 Å². The number of nitrogens with one attached hydrogen (secondary N) is 2. The molecule has 0 bridgehead atoms. The maximum absolute atomic E-state index is 12.2. The molecule has 0 saturated carbocycles. The molecular weight excluding hydrogens is 320 g/mol. The van der Waals surface area contributed by atoms with Crippen LogP contribution in [0.3, 0.4) is 0 Å². The monoisotopic (exact) mass is 348 g/mol. The minimum Gasteiger partial charge on any atom is -0.493 e. The number of morpholine rings is 1. The normalized spacial score (nSPS) is 21.7. The summed E-state index contributed by atoms with van der Waals surface area (Å²) in [5.74, 6) is 1.37. The predicted octanol–water partition coefficient (Wildman–Crippen LogP) is 2.12. The average Bonchev–Trinajstić information content (AvgIpc) is 2.64. The number of carbonyl (C=O) groups is 1. The molecule has 2 saturated heterocycles. The molecule has 1 unspecified atom stereocenters. The molecule has 0 aromatic heterocycles. The van der Waals surface area contributed by atoms with Crippen LogP contribution in [0.2, 0.25) is 0 Å². The summed E-state index contributed by atoms with van der Waals surface area (Å²) in [5.41, 5.74) is 1.85. The SMILES string of the molecule is Cc1ccc(NC(=O)CC2COCCN2)cc1OCC1CCOCC1. The third kappa shape index (κ3) is 5.70. The summed E-state index contributed by atoms with van der Waals surface area (Å²) in [5, 5.41) is 6.25. The lowest BCUT2D eigenvalue weighted by molar-refractivity contribution is -0.117. The standard InChI is InChI=1S/C19H28N2O4/c1-14-2-3-16(21-19(22)11-17-13-24-9-6-20-17)10-18(14)25-12-15-4-7-23-8-5-15/h2-3,10,15,17,20H,4-9,11-13H2,1H3,(H,21,22). The first-order valence-corrected chi connectivity index (χ1v) is 9.13. The first-order valence-electron chi connectivity index (χ1n) is 9.13. The van der Waals surface area contributed by atoms with Gasteiger partial charge in [0.05, 0.1) is 19.8 Å². The summed E-state index contributed by atoms with van der Waals surface area (Å²) in [6.45, 7) is 6.46. The van der Waals surface area contributed by atoms with Crippen molar-refractivity contribution in [2.24, 2.45) is 5.92 Å². The molecule has 25 heavy (non-hydrogen) atoms. The second-order valence-corrected chi connectivity index (χ2v) is 6.83. The van der Waals surface area contributed by atoms with E-state index in [4.69, 9.17) is 14.2 Å². The molecule has 6 nitrogen and oxygen atoms in total. The van der Waals surface area contributed by atoms with Gasteiger partial charge in [-0.05, 0) is 37.3 Å². The van der Waals surface area contributed by atoms with Crippen molar-refractivity contribution in [1.82, 2.24) is 5.32 Å². The van der Waals surface area contributed by atoms with Crippen molar-refractivity contribution < 1.29 is 19.0 Å². The molecule has 2 N–H and O–H groups in total. The largest absolute Gasteiger partial charge is 0.493 e. The van der Waals surface area contributed by atoms with Crippen LogP contribution in [0.5, 0.6) is 5.75 Å². The fraction of sp³-hybridized carbons (Fsp3) is 0.632. The first kappa shape index (κ1) is 18.2. The number of rotatable bonds is 6. The maximum atomic E-state index is 12.2. The zero-order valence-electron chi connectivity index (χ0n) is 14.9. The molecule has 2 aliphatic rings. The molecule has 2 aliphatic heterocycles. The van der Waals surface area contributed by atoms with Crippen molar-refractivity contribution in [2.75, 3.05) is 44.9 Å². The average molecular weight is 348 g/mol. The van der Waals surface area contributed by atoms with E-state index in [9.17, 15) is 4.79 Å². The van der Waals surface area contributed by atoms with Crippen LogP contribution < -0.4 is 15.4 Å². The highest BCUT2D eigenvalue weighted by molar-refractivity contribution is 5.91. The van der Waals surface area contributed by atoms with Crippen LogP contribution in [0.15, 0.2) is 18.2 Å². The van der Waals surface area contributed by atoms with E-state index < -0.39 is 0 Å². The number of hydrogen-bond donors (Lipinski definition) is 2. The predicted molar refractivity (Wildman–Crippen MR) is 96.1 cm³/mol. The fourth-order valence-corrected chi connectivity index (χ4v) is 3.14. The Balaban J connectivity index is 1.51. The van der Waals surface area contributed by atoms with E-state index in [-0.39, 0.29) is 11.9 Å². The smallest absolute Gasteiger partial charge is 0.226 e. The molecule has 2 fully saturated rings. The molecule has 6 heteroatoms. The van der Waals surface area contributed by atoms with E-state index in [1.165, 1.54) is 0 Å². The Hall–Kier alpha value is -1.63. The highest BCUT2D eigenvalue weighted by Crippen LogP contribution is 2.25. The van der Waals surface area contributed by atoms with E-state index in [1.807, 2.05) is 25.1 Å². The van der Waals surface area contributed by atoms with Crippen molar-refractivity contribution in [2.45, 2.75) is 32.2 Å². The van der Waals surface area contributed by atoms with Crippen LogP contribution >= 0.6 is 0 Å². The Morgan fingerprint density at radius 3 is 2.88 bits per heavy atom. The molecule has 0 radical (unpaired) electrons. The first-order chi connectivity index (χ1) is 12.2. The topological polar surface area (TPSA) is 68.8 Å². The number of benzene rings is 1. The minimum absolute atomic E-state index is 0.0118. The van der Waals surface area contributed by atoms with Crippen LogP contribution in [-0.4, -0.2) is 51.5 Å². The van der Waals surface area contributed by atoms with Gasteiger partial charge in [0.1, 0.15) is 5.75 Å². The highest BCUT2D eigenvalue weighted by Gasteiger charge is 2.18. The van der Waals surface area contributed by atoms with Crippen molar-refractivity contribution in [3.8, 4) is 5.75 Å². The maximum Gasteiger partial charge on any atom is 0.226 e. The van der Waals surface area contributed by atoms with E-state index >= 15 is 0 Å². The Kier molecular flexibility index (Phi) is 6.67. The zero-order chi connectivity index (χ0) is 17.5. The summed E-state index contributed by atoms with van der Waals surface area (Å²) >= 11 is 0. The summed E-state index contributed by atoms with van der Waals surface area (Å²) in [4.78, 5) is 12.2. The van der Waals surface area contributed by atoms with Gasteiger partial charge in [-0.15, -0.1) is 0 Å². The molecule has 2 heterocycles. The van der Waals surface area contributed by atoms with E-state index in [0.717, 1.165) is 49.6 Å². The summed E-state index contributed by atoms with van der Waals surface area (Å²) in [7, 11) is 0. The van der Waals surface area contributed by atoms with Gasteiger partial charge in [-0.1, -0.05) is 6.07 Å². The number of anilines is 1. The molecule has 1 amide bonds. The summed E-state index contributed by atoms with van der Waals surface area (Å²) in [6, 6.07) is 5.90. The second kappa shape index (κ2) is 9.17. The van der Waals surface area contributed by atoms with Crippen molar-refractivity contribution in [3.63, 3.8) is 0 Å². The molecular formula is C19H28N2O4. The van der Waals surface area contributed by atoms with Gasteiger partial charge in [0.15, 0.2) is 0 Å². The van der Waals surface area contributed by atoms with Crippen molar-refractivity contribution in [3.05, 3.63) is 23.8 Å². The fourth-order valence-electron chi connectivity index (χ4n) is 3.14. The summed E-state index contributed by atoms with van der Waals surface area (Å²) < 4.78 is 16.8. The lowest BCUT2D eigenvalue weighted by Crippen LogP contribution is -2.43. The van der Waals surface area contributed by atoms with Gasteiger partial charge in [-0.2, -0.15) is 0 Å². The Bertz CT molecular complexity index is 567. The van der Waals surface area contributed by atoms with E-state index in [0.29, 0.717) is 32.2 Å². The number of aryl methyl sites for hydroxylation is 1. The second-order valence-electron chi connectivity index (χ2n) is 6.83.